The molecule has 8 nitrogen and oxygen atoms in total. The third-order valence-electron chi connectivity index (χ3n) is 4.71. The molecule has 2 aromatic rings. The lowest BCUT2D eigenvalue weighted by molar-refractivity contribution is -0.141. The van der Waals surface area contributed by atoms with Crippen LogP contribution in [0, 0.1) is 0 Å². The van der Waals surface area contributed by atoms with Crippen molar-refractivity contribution in [3.8, 4) is 11.5 Å². The van der Waals surface area contributed by atoms with Gasteiger partial charge in [0.15, 0.2) is 11.6 Å². The van der Waals surface area contributed by atoms with Gasteiger partial charge in [0.2, 0.25) is 0 Å². The van der Waals surface area contributed by atoms with Crippen LogP contribution in [0.25, 0.3) is 0 Å². The van der Waals surface area contributed by atoms with E-state index in [1.54, 1.807) is 24.3 Å². The molecule has 0 aliphatic carbocycles. The van der Waals surface area contributed by atoms with Gasteiger partial charge in [-0.05, 0) is 48.5 Å². The van der Waals surface area contributed by atoms with Gasteiger partial charge in [0.25, 0.3) is 0 Å². The van der Waals surface area contributed by atoms with E-state index in [-0.39, 0.29) is 22.3 Å². The summed E-state index contributed by atoms with van der Waals surface area (Å²) in [6.45, 7) is 0. The molecule has 0 heterocycles. The van der Waals surface area contributed by atoms with Crippen LogP contribution in [-0.2, 0) is 19.1 Å². The number of esters is 2. The number of benzene rings is 2. The minimum absolute atomic E-state index is 0.145. The van der Waals surface area contributed by atoms with Gasteiger partial charge in [0.05, 0.1) is 41.3 Å². The van der Waals surface area contributed by atoms with Crippen LogP contribution in [0.5, 0.6) is 11.5 Å². The third-order valence-corrected chi connectivity index (χ3v) is 4.71. The predicted molar refractivity (Wildman–Crippen MR) is 115 cm³/mol. The molecule has 0 N–H and O–H groups in total. The number of methoxy groups -OCH3 is 4. The Kier molecular flexibility index (Phi) is 8.71. The fourth-order valence-corrected chi connectivity index (χ4v) is 2.91. The second-order valence-corrected chi connectivity index (χ2v) is 6.58. The summed E-state index contributed by atoms with van der Waals surface area (Å²) in [5.41, 5.74) is 0.144. The first-order valence-electron chi connectivity index (χ1n) is 9.57. The fourth-order valence-electron chi connectivity index (χ4n) is 2.91. The molecule has 0 saturated heterocycles. The smallest absolute Gasteiger partial charge is 0.310 e. The van der Waals surface area contributed by atoms with E-state index in [0.717, 1.165) is 0 Å². The van der Waals surface area contributed by atoms with Gasteiger partial charge in [-0.1, -0.05) is 0 Å². The Bertz CT molecular complexity index is 933. The van der Waals surface area contributed by atoms with Crippen LogP contribution < -0.4 is 9.47 Å². The summed E-state index contributed by atoms with van der Waals surface area (Å²) in [5, 5.41) is 0. The summed E-state index contributed by atoms with van der Waals surface area (Å²) in [5.74, 6) is -1.57. The van der Waals surface area contributed by atoms with Crippen molar-refractivity contribution in [3.63, 3.8) is 0 Å². The highest BCUT2D eigenvalue weighted by Crippen LogP contribution is 2.25. The highest BCUT2D eigenvalue weighted by molar-refractivity contribution is 6.20. The Labute approximate surface area is 185 Å². The first-order chi connectivity index (χ1) is 15.3. The zero-order valence-electron chi connectivity index (χ0n) is 18.3. The van der Waals surface area contributed by atoms with E-state index >= 15 is 0 Å². The van der Waals surface area contributed by atoms with Gasteiger partial charge in [0.1, 0.15) is 11.5 Å². The van der Waals surface area contributed by atoms with Crippen LogP contribution in [0.4, 0.5) is 0 Å². The summed E-state index contributed by atoms with van der Waals surface area (Å²) in [7, 11) is 5.31. The minimum Gasteiger partial charge on any atom is -0.497 e. The average molecular weight is 440 g/mol. The van der Waals surface area contributed by atoms with E-state index in [2.05, 4.69) is 0 Å². The Morgan fingerprint density at radius 1 is 0.562 bits per heavy atom. The van der Waals surface area contributed by atoms with Crippen molar-refractivity contribution in [2.75, 3.05) is 28.4 Å². The highest BCUT2D eigenvalue weighted by Gasteiger charge is 2.27. The van der Waals surface area contributed by atoms with E-state index in [4.69, 9.17) is 18.9 Å². The molecular weight excluding hydrogens is 416 g/mol. The van der Waals surface area contributed by atoms with Crippen LogP contribution in [0.3, 0.4) is 0 Å². The van der Waals surface area contributed by atoms with Gasteiger partial charge in [-0.3, -0.25) is 19.2 Å². The van der Waals surface area contributed by atoms with E-state index < -0.39 is 36.3 Å². The fraction of sp³-hybridized carbons (Fsp3) is 0.250. The molecular formula is C24H24O8. The molecule has 0 amide bonds. The third kappa shape index (κ3) is 6.04. The minimum atomic E-state index is -0.730. The lowest BCUT2D eigenvalue weighted by atomic mass is 9.89. The maximum absolute atomic E-state index is 13.3. The second-order valence-electron chi connectivity index (χ2n) is 6.58. The molecule has 0 aliphatic heterocycles. The summed E-state index contributed by atoms with van der Waals surface area (Å²) >= 11 is 0. The molecule has 2 rings (SSSR count). The number of ketones is 2. The van der Waals surface area contributed by atoms with Gasteiger partial charge in [-0.2, -0.15) is 0 Å². The van der Waals surface area contributed by atoms with E-state index in [1.807, 2.05) is 0 Å². The summed E-state index contributed by atoms with van der Waals surface area (Å²) < 4.78 is 19.6. The lowest BCUT2D eigenvalue weighted by Crippen LogP contribution is -2.19. The Morgan fingerprint density at radius 3 is 1.12 bits per heavy atom. The molecule has 168 valence electrons. The number of Topliss-reactive ketones (excluding diaryl/α,β-unsaturated/α-hetero) is 2. The van der Waals surface area contributed by atoms with Gasteiger partial charge >= 0.3 is 11.9 Å². The number of hydrogen-bond donors (Lipinski definition) is 0. The van der Waals surface area contributed by atoms with Crippen LogP contribution in [-0.4, -0.2) is 51.9 Å². The van der Waals surface area contributed by atoms with E-state index in [1.165, 1.54) is 52.7 Å². The molecule has 0 spiro atoms. The SMILES string of the molecule is COC(=O)CC(C(=O)c1ccc(OC)cc1)=C(CC(=O)OC)C(=O)c1ccc(OC)cc1. The molecule has 32 heavy (non-hydrogen) atoms. The topological polar surface area (TPSA) is 105 Å². The standard InChI is InChI=1S/C24H24O8/c1-29-17-9-5-15(6-10-17)23(27)19(13-21(25)31-3)20(14-22(26)32-4)24(28)16-7-11-18(30-2)12-8-16/h5-12H,13-14H2,1-4H3. The molecule has 0 saturated carbocycles. The van der Waals surface area contributed by atoms with Gasteiger partial charge < -0.3 is 18.9 Å². The lowest BCUT2D eigenvalue weighted by Gasteiger charge is -2.14. The first kappa shape index (κ1) is 24.3. The van der Waals surface area contributed by atoms with E-state index in [0.29, 0.717) is 11.5 Å². The number of ether oxygens (including phenoxy) is 4. The molecule has 0 atom stereocenters. The average Bonchev–Trinajstić information content (AvgIpc) is 2.84. The molecule has 8 heteroatoms. The van der Waals surface area contributed by atoms with Crippen molar-refractivity contribution < 1.29 is 38.1 Å². The van der Waals surface area contributed by atoms with Gasteiger partial charge in [-0.15, -0.1) is 0 Å². The first-order valence-corrected chi connectivity index (χ1v) is 9.57. The van der Waals surface area contributed by atoms with Gasteiger partial charge in [-0.25, -0.2) is 0 Å². The Morgan fingerprint density at radius 2 is 0.875 bits per heavy atom. The zero-order chi connectivity index (χ0) is 23.7. The maximum Gasteiger partial charge on any atom is 0.310 e. The summed E-state index contributed by atoms with van der Waals surface area (Å²) in [6.07, 6.45) is -0.981. The number of hydrogen-bond acceptors (Lipinski definition) is 8. The highest BCUT2D eigenvalue weighted by atomic mass is 16.5. The molecule has 0 aromatic heterocycles. The van der Waals surface area contributed by atoms with E-state index in [9.17, 15) is 19.2 Å². The molecule has 0 bridgehead atoms. The number of carbonyl (C=O) groups excluding carboxylic acids is 4. The molecule has 2 aromatic carbocycles. The second kappa shape index (κ2) is 11.5. The van der Waals surface area contributed by atoms with Gasteiger partial charge in [0, 0.05) is 22.3 Å². The van der Waals surface area contributed by atoms with Crippen molar-refractivity contribution in [2.45, 2.75) is 12.8 Å². The molecule has 0 radical (unpaired) electrons. The molecule has 0 fully saturated rings. The van der Waals surface area contributed by atoms with Crippen molar-refractivity contribution in [2.24, 2.45) is 0 Å². The molecule has 0 unspecified atom stereocenters. The number of rotatable bonds is 10. The summed E-state index contributed by atoms with van der Waals surface area (Å²) in [6, 6.07) is 12.3. The van der Waals surface area contributed by atoms with Crippen molar-refractivity contribution in [1.82, 2.24) is 0 Å². The normalized spacial score (nSPS) is 11.1. The van der Waals surface area contributed by atoms with Crippen LogP contribution in [0.1, 0.15) is 33.6 Å². The van der Waals surface area contributed by atoms with Crippen LogP contribution >= 0.6 is 0 Å². The molecule has 0 aliphatic rings. The number of carbonyl (C=O) groups is 4. The maximum atomic E-state index is 13.3. The van der Waals surface area contributed by atoms with Crippen molar-refractivity contribution >= 4 is 23.5 Å². The monoisotopic (exact) mass is 440 g/mol. The largest absolute Gasteiger partial charge is 0.497 e. The van der Waals surface area contributed by atoms with Crippen molar-refractivity contribution in [3.05, 3.63) is 70.8 Å². The Balaban J connectivity index is 2.63. The summed E-state index contributed by atoms with van der Waals surface area (Å²) in [4.78, 5) is 50.8. The van der Waals surface area contributed by atoms with Crippen LogP contribution in [0.2, 0.25) is 0 Å². The van der Waals surface area contributed by atoms with Crippen molar-refractivity contribution in [1.29, 1.82) is 0 Å². The zero-order valence-corrected chi connectivity index (χ0v) is 18.3. The quantitative estimate of drug-likeness (QED) is 0.315. The predicted octanol–water partition coefficient (Wildman–Crippen LogP) is 3.19. The Hall–Kier alpha value is -3.94. The van der Waals surface area contributed by atoms with Crippen LogP contribution in [0.15, 0.2) is 59.7 Å².